The molecule has 0 saturated heterocycles. The third-order valence-electron chi connectivity index (χ3n) is 5.29. The van der Waals surface area contributed by atoms with E-state index in [1.807, 2.05) is 0 Å². The largest absolute Gasteiger partial charge is 0.361 e. The summed E-state index contributed by atoms with van der Waals surface area (Å²) >= 11 is 0. The molecule has 3 rings (SSSR count). The zero-order valence-electron chi connectivity index (χ0n) is 15.1. The van der Waals surface area contributed by atoms with E-state index in [-0.39, 0.29) is 0 Å². The van der Waals surface area contributed by atoms with Crippen LogP contribution in [0, 0.1) is 0 Å². The van der Waals surface area contributed by atoms with Crippen molar-refractivity contribution in [3.63, 3.8) is 0 Å². The van der Waals surface area contributed by atoms with Crippen molar-refractivity contribution in [1.82, 2.24) is 0 Å². The van der Waals surface area contributed by atoms with E-state index in [1.165, 1.54) is 57.1 Å². The van der Waals surface area contributed by atoms with Crippen molar-refractivity contribution in [3.05, 3.63) is 65.8 Å². The molecular weight excluding hydrogens is 290 g/mol. The summed E-state index contributed by atoms with van der Waals surface area (Å²) in [5.41, 5.74) is 4.62. The van der Waals surface area contributed by atoms with Crippen LogP contribution in [0.2, 0.25) is 0 Å². The second-order valence-electron chi connectivity index (χ2n) is 7.04. The Kier molecular flexibility index (Phi) is 6.34. The van der Waals surface area contributed by atoms with Gasteiger partial charge in [-0.1, -0.05) is 74.3 Å². The van der Waals surface area contributed by atoms with Crippen LogP contribution in [-0.2, 0) is 0 Å². The van der Waals surface area contributed by atoms with E-state index in [2.05, 4.69) is 66.5 Å². The Morgan fingerprint density at radius 1 is 0.958 bits per heavy atom. The third-order valence-corrected chi connectivity index (χ3v) is 5.29. The van der Waals surface area contributed by atoms with Crippen LogP contribution in [0.1, 0.15) is 58.3 Å². The minimum atomic E-state index is 0.405. The first-order chi connectivity index (χ1) is 11.9. The molecule has 1 aromatic carbocycles. The molecule has 1 nitrogen and oxygen atoms in total. The Morgan fingerprint density at radius 2 is 1.75 bits per heavy atom. The SMILES string of the molecule is CCCCCN(c1ccccc1)C1C=CC=CC1=C1CCCCC1. The fourth-order valence-corrected chi connectivity index (χ4v) is 3.98. The van der Waals surface area contributed by atoms with E-state index in [1.54, 1.807) is 11.1 Å². The molecule has 0 radical (unpaired) electrons. The molecule has 128 valence electrons. The van der Waals surface area contributed by atoms with Crippen LogP contribution in [0.4, 0.5) is 5.69 Å². The summed E-state index contributed by atoms with van der Waals surface area (Å²) in [5.74, 6) is 0. The van der Waals surface area contributed by atoms with Crippen molar-refractivity contribution < 1.29 is 0 Å². The average Bonchev–Trinajstić information content (AvgIpc) is 2.67. The van der Waals surface area contributed by atoms with Gasteiger partial charge in [0.15, 0.2) is 0 Å². The monoisotopic (exact) mass is 321 g/mol. The van der Waals surface area contributed by atoms with Gasteiger partial charge in [-0.05, 0) is 49.8 Å². The first-order valence-corrected chi connectivity index (χ1v) is 9.78. The van der Waals surface area contributed by atoms with Crippen molar-refractivity contribution in [2.45, 2.75) is 64.3 Å². The molecule has 24 heavy (non-hydrogen) atoms. The predicted molar refractivity (Wildman–Crippen MR) is 105 cm³/mol. The molecule has 2 aliphatic carbocycles. The van der Waals surface area contributed by atoms with Crippen LogP contribution in [0.5, 0.6) is 0 Å². The van der Waals surface area contributed by atoms with Gasteiger partial charge in [-0.2, -0.15) is 0 Å². The van der Waals surface area contributed by atoms with E-state index in [0.717, 1.165) is 6.54 Å². The zero-order chi connectivity index (χ0) is 16.6. The summed E-state index contributed by atoms with van der Waals surface area (Å²) in [6, 6.07) is 11.4. The van der Waals surface area contributed by atoms with Crippen molar-refractivity contribution in [2.24, 2.45) is 0 Å². The van der Waals surface area contributed by atoms with Gasteiger partial charge in [0.25, 0.3) is 0 Å². The standard InChI is InChI=1S/C23H31N/c1-2-3-12-19-24(21-15-8-5-9-16-21)23-18-11-10-17-22(23)20-13-6-4-7-14-20/h5,8-11,15-18,23H,2-4,6-7,12-14,19H2,1H3. The summed E-state index contributed by atoms with van der Waals surface area (Å²) < 4.78 is 0. The Hall–Kier alpha value is -1.76. The highest BCUT2D eigenvalue weighted by atomic mass is 15.2. The molecule has 0 aliphatic heterocycles. The Bertz CT molecular complexity index is 586. The second-order valence-corrected chi connectivity index (χ2v) is 7.04. The minimum Gasteiger partial charge on any atom is -0.361 e. The molecule has 2 aliphatic rings. The number of nitrogens with zero attached hydrogens (tertiary/aromatic N) is 1. The summed E-state index contributed by atoms with van der Waals surface area (Å²) in [5, 5.41) is 0. The lowest BCUT2D eigenvalue weighted by Gasteiger charge is -2.36. The molecule has 1 heteroatoms. The van der Waals surface area contributed by atoms with Gasteiger partial charge in [-0.3, -0.25) is 0 Å². The van der Waals surface area contributed by atoms with Gasteiger partial charge in [0.1, 0.15) is 0 Å². The number of benzene rings is 1. The molecule has 0 bridgehead atoms. The fourth-order valence-electron chi connectivity index (χ4n) is 3.98. The highest BCUT2D eigenvalue weighted by Gasteiger charge is 2.23. The number of allylic oxidation sites excluding steroid dienone is 3. The van der Waals surface area contributed by atoms with Crippen molar-refractivity contribution in [1.29, 1.82) is 0 Å². The molecule has 0 N–H and O–H groups in total. The number of para-hydroxylation sites is 1. The number of hydrogen-bond donors (Lipinski definition) is 0. The van der Waals surface area contributed by atoms with Crippen LogP contribution in [0.25, 0.3) is 0 Å². The Morgan fingerprint density at radius 3 is 2.50 bits per heavy atom. The average molecular weight is 322 g/mol. The van der Waals surface area contributed by atoms with Crippen molar-refractivity contribution in [2.75, 3.05) is 11.4 Å². The van der Waals surface area contributed by atoms with Gasteiger partial charge in [0, 0.05) is 12.2 Å². The molecule has 0 heterocycles. The maximum absolute atomic E-state index is 2.62. The van der Waals surface area contributed by atoms with Crippen molar-refractivity contribution in [3.8, 4) is 0 Å². The fraction of sp³-hybridized carbons (Fsp3) is 0.478. The Balaban J connectivity index is 1.89. The number of anilines is 1. The highest BCUT2D eigenvalue weighted by molar-refractivity contribution is 5.55. The van der Waals surface area contributed by atoms with E-state index in [0.29, 0.717) is 6.04 Å². The summed E-state index contributed by atoms with van der Waals surface area (Å²) in [7, 11) is 0. The molecule has 1 atom stereocenters. The van der Waals surface area contributed by atoms with Crippen LogP contribution in [-0.4, -0.2) is 12.6 Å². The molecule has 1 fully saturated rings. The van der Waals surface area contributed by atoms with Crippen molar-refractivity contribution >= 4 is 5.69 Å². The molecule has 0 amide bonds. The van der Waals surface area contributed by atoms with Crippen LogP contribution in [0.3, 0.4) is 0 Å². The van der Waals surface area contributed by atoms with E-state index >= 15 is 0 Å². The van der Waals surface area contributed by atoms with Crippen LogP contribution < -0.4 is 4.90 Å². The molecule has 1 saturated carbocycles. The zero-order valence-corrected chi connectivity index (χ0v) is 15.1. The minimum absolute atomic E-state index is 0.405. The second kappa shape index (κ2) is 8.92. The van der Waals surface area contributed by atoms with E-state index < -0.39 is 0 Å². The van der Waals surface area contributed by atoms with Gasteiger partial charge in [-0.25, -0.2) is 0 Å². The van der Waals surface area contributed by atoms with E-state index in [9.17, 15) is 0 Å². The molecule has 0 spiro atoms. The Labute approximate surface area is 147 Å². The van der Waals surface area contributed by atoms with Gasteiger partial charge in [0.2, 0.25) is 0 Å². The topological polar surface area (TPSA) is 3.24 Å². The maximum atomic E-state index is 2.62. The predicted octanol–water partition coefficient (Wildman–Crippen LogP) is 6.44. The normalized spacial score (nSPS) is 20.5. The van der Waals surface area contributed by atoms with E-state index in [4.69, 9.17) is 0 Å². The first kappa shape index (κ1) is 17.1. The molecule has 0 aromatic heterocycles. The molecule has 1 aromatic rings. The maximum Gasteiger partial charge on any atom is 0.0729 e. The first-order valence-electron chi connectivity index (χ1n) is 9.78. The van der Waals surface area contributed by atoms with Gasteiger partial charge < -0.3 is 4.90 Å². The molecule has 1 unspecified atom stereocenters. The van der Waals surface area contributed by atoms with Gasteiger partial charge >= 0.3 is 0 Å². The lowest BCUT2D eigenvalue weighted by molar-refractivity contribution is 0.585. The van der Waals surface area contributed by atoms with Gasteiger partial charge in [-0.15, -0.1) is 0 Å². The quantitative estimate of drug-likeness (QED) is 0.545. The number of hydrogen-bond acceptors (Lipinski definition) is 1. The summed E-state index contributed by atoms with van der Waals surface area (Å²) in [6.07, 6.45) is 19.8. The number of rotatable bonds is 6. The van der Waals surface area contributed by atoms with Gasteiger partial charge in [0.05, 0.1) is 6.04 Å². The smallest absolute Gasteiger partial charge is 0.0729 e. The summed E-state index contributed by atoms with van der Waals surface area (Å²) in [6.45, 7) is 3.42. The summed E-state index contributed by atoms with van der Waals surface area (Å²) in [4.78, 5) is 2.62. The van der Waals surface area contributed by atoms with Crippen LogP contribution in [0.15, 0.2) is 65.8 Å². The third kappa shape index (κ3) is 4.20. The molecular formula is C23H31N. The highest BCUT2D eigenvalue weighted by Crippen LogP contribution is 2.33. The lowest BCUT2D eigenvalue weighted by Crippen LogP contribution is -2.37. The van der Waals surface area contributed by atoms with Crippen LogP contribution >= 0.6 is 0 Å². The number of unbranched alkanes of at least 4 members (excludes halogenated alkanes) is 2. The lowest BCUT2D eigenvalue weighted by atomic mass is 9.86.